The predicted molar refractivity (Wildman–Crippen MR) is 116 cm³/mol. The van der Waals surface area contributed by atoms with Crippen LogP contribution in [0.4, 0.5) is 0 Å². The molecule has 6 heteroatoms. The molecule has 0 bridgehead atoms. The van der Waals surface area contributed by atoms with Crippen LogP contribution in [-0.2, 0) is 13.0 Å². The van der Waals surface area contributed by atoms with Gasteiger partial charge >= 0.3 is 0 Å². The smallest absolute Gasteiger partial charge is 0.191 e. The van der Waals surface area contributed by atoms with Gasteiger partial charge in [0.2, 0.25) is 0 Å². The average molecular weight is 473 g/mol. The molecule has 1 fully saturated rings. The van der Waals surface area contributed by atoms with Crippen LogP contribution in [0.1, 0.15) is 43.2 Å². The lowest BCUT2D eigenvalue weighted by atomic mass is 9.87. The van der Waals surface area contributed by atoms with E-state index in [0.717, 1.165) is 37.1 Å². The lowest BCUT2D eigenvalue weighted by Gasteiger charge is -2.29. The Bertz CT molecular complexity index is 613. The van der Waals surface area contributed by atoms with Gasteiger partial charge < -0.3 is 15.1 Å². The molecule has 2 atom stereocenters. The quantitative estimate of drug-likeness (QED) is 0.360. The van der Waals surface area contributed by atoms with Gasteiger partial charge in [-0.2, -0.15) is 0 Å². The maximum Gasteiger partial charge on any atom is 0.191 e. The third-order valence-electron chi connectivity index (χ3n) is 4.49. The van der Waals surface area contributed by atoms with Crippen LogP contribution in [0, 0.1) is 5.92 Å². The van der Waals surface area contributed by atoms with Gasteiger partial charge in [-0.15, -0.1) is 35.3 Å². The highest BCUT2D eigenvalue weighted by molar-refractivity contribution is 14.0. The van der Waals surface area contributed by atoms with Crippen molar-refractivity contribution in [2.45, 2.75) is 51.6 Å². The van der Waals surface area contributed by atoms with E-state index in [4.69, 9.17) is 9.41 Å². The molecule has 2 aromatic heterocycles. The third kappa shape index (κ3) is 7.01. The van der Waals surface area contributed by atoms with E-state index in [-0.39, 0.29) is 24.0 Å². The Morgan fingerprint density at radius 2 is 2.24 bits per heavy atom. The number of furan rings is 1. The van der Waals surface area contributed by atoms with E-state index >= 15 is 0 Å². The zero-order chi connectivity index (χ0) is 16.6. The maximum absolute atomic E-state index is 5.40. The molecule has 0 saturated heterocycles. The number of thiophene rings is 1. The van der Waals surface area contributed by atoms with Gasteiger partial charge in [0.05, 0.1) is 12.8 Å². The normalized spacial score (nSPS) is 20.8. The van der Waals surface area contributed by atoms with Crippen molar-refractivity contribution in [3.8, 4) is 0 Å². The number of rotatable bonds is 6. The summed E-state index contributed by atoms with van der Waals surface area (Å²) in [5.41, 5.74) is 0. The molecule has 1 aliphatic carbocycles. The Morgan fingerprint density at radius 1 is 1.32 bits per heavy atom. The molecule has 0 spiro atoms. The summed E-state index contributed by atoms with van der Waals surface area (Å²) in [5.74, 6) is 2.73. The summed E-state index contributed by atoms with van der Waals surface area (Å²) >= 11 is 1.76. The summed E-state index contributed by atoms with van der Waals surface area (Å²) < 4.78 is 5.40. The van der Waals surface area contributed by atoms with Crippen molar-refractivity contribution in [3.05, 3.63) is 46.5 Å². The number of halogens is 1. The first kappa shape index (κ1) is 20.3. The Morgan fingerprint density at radius 3 is 2.96 bits per heavy atom. The molecule has 138 valence electrons. The van der Waals surface area contributed by atoms with Gasteiger partial charge in [-0.25, -0.2) is 4.99 Å². The first-order valence-corrected chi connectivity index (χ1v) is 9.77. The van der Waals surface area contributed by atoms with E-state index in [1.807, 2.05) is 12.1 Å². The Balaban J connectivity index is 0.00000225. The molecule has 2 heterocycles. The number of nitrogens with zero attached hydrogens (tertiary/aromatic N) is 1. The van der Waals surface area contributed by atoms with Gasteiger partial charge in [0.15, 0.2) is 5.96 Å². The van der Waals surface area contributed by atoms with E-state index < -0.39 is 0 Å². The monoisotopic (exact) mass is 473 g/mol. The molecular weight excluding hydrogens is 445 g/mol. The second kappa shape index (κ2) is 10.9. The zero-order valence-electron chi connectivity index (χ0n) is 14.7. The van der Waals surface area contributed by atoms with E-state index in [2.05, 4.69) is 35.1 Å². The van der Waals surface area contributed by atoms with Crippen molar-refractivity contribution in [2.75, 3.05) is 6.54 Å². The van der Waals surface area contributed by atoms with Crippen molar-refractivity contribution >= 4 is 41.3 Å². The van der Waals surface area contributed by atoms with Crippen molar-refractivity contribution in [2.24, 2.45) is 10.9 Å². The topological polar surface area (TPSA) is 49.6 Å². The van der Waals surface area contributed by atoms with Crippen molar-refractivity contribution < 1.29 is 4.42 Å². The van der Waals surface area contributed by atoms with Crippen LogP contribution >= 0.6 is 35.3 Å². The van der Waals surface area contributed by atoms with Crippen LogP contribution in [0.2, 0.25) is 0 Å². The Kier molecular flexibility index (Phi) is 8.81. The Hall–Kier alpha value is -1.02. The third-order valence-corrected chi connectivity index (χ3v) is 5.36. The fourth-order valence-electron chi connectivity index (χ4n) is 3.23. The molecule has 4 nitrogen and oxygen atoms in total. The highest BCUT2D eigenvalue weighted by Crippen LogP contribution is 2.23. The van der Waals surface area contributed by atoms with Gasteiger partial charge in [-0.1, -0.05) is 25.8 Å². The van der Waals surface area contributed by atoms with Crippen molar-refractivity contribution in [1.82, 2.24) is 10.6 Å². The van der Waals surface area contributed by atoms with Gasteiger partial charge in [-0.05, 0) is 42.3 Å². The SMILES string of the molecule is CC1CCCC(NC(=NCc2cccs2)NCCc2ccco2)C1.I. The molecule has 2 unspecified atom stereocenters. The molecule has 0 aromatic carbocycles. The van der Waals surface area contributed by atoms with Gasteiger partial charge in [0, 0.05) is 23.9 Å². The van der Waals surface area contributed by atoms with Crippen molar-refractivity contribution in [1.29, 1.82) is 0 Å². The predicted octanol–water partition coefficient (Wildman–Crippen LogP) is 4.82. The van der Waals surface area contributed by atoms with Crippen LogP contribution in [0.25, 0.3) is 0 Å². The second-order valence-electron chi connectivity index (χ2n) is 6.61. The molecule has 1 aliphatic rings. The fraction of sp³-hybridized carbons (Fsp3) is 0.526. The number of hydrogen-bond acceptors (Lipinski definition) is 3. The molecule has 0 aliphatic heterocycles. The summed E-state index contributed by atoms with van der Waals surface area (Å²) in [4.78, 5) is 6.07. The van der Waals surface area contributed by atoms with Gasteiger partial charge in [-0.3, -0.25) is 0 Å². The number of aliphatic imine (C=N–C) groups is 1. The largest absolute Gasteiger partial charge is 0.469 e. The average Bonchev–Trinajstić information content (AvgIpc) is 3.26. The van der Waals surface area contributed by atoms with E-state index in [0.29, 0.717) is 6.04 Å². The van der Waals surface area contributed by atoms with Crippen LogP contribution in [0.15, 0.2) is 45.3 Å². The first-order chi connectivity index (χ1) is 11.8. The molecule has 2 aromatic rings. The highest BCUT2D eigenvalue weighted by atomic mass is 127. The van der Waals surface area contributed by atoms with E-state index in [1.165, 1.54) is 30.6 Å². The number of guanidine groups is 1. The molecule has 0 radical (unpaired) electrons. The minimum atomic E-state index is 0. The molecule has 3 rings (SSSR count). The van der Waals surface area contributed by atoms with E-state index in [1.54, 1.807) is 17.6 Å². The standard InChI is InChI=1S/C19H27N3OS.HI/c1-15-5-2-6-16(13-15)22-19(21-14-18-8-4-12-24-18)20-10-9-17-7-3-11-23-17;/h3-4,7-8,11-12,15-16H,2,5-6,9-10,13-14H2,1H3,(H2,20,21,22);1H. The van der Waals surface area contributed by atoms with Crippen LogP contribution in [0.3, 0.4) is 0 Å². The summed E-state index contributed by atoms with van der Waals surface area (Å²) in [5, 5.41) is 9.21. The second-order valence-corrected chi connectivity index (χ2v) is 7.65. The lowest BCUT2D eigenvalue weighted by Crippen LogP contribution is -2.45. The highest BCUT2D eigenvalue weighted by Gasteiger charge is 2.19. The van der Waals surface area contributed by atoms with Crippen molar-refractivity contribution in [3.63, 3.8) is 0 Å². The molecule has 0 amide bonds. The minimum absolute atomic E-state index is 0. The maximum atomic E-state index is 5.40. The number of hydrogen-bond donors (Lipinski definition) is 2. The summed E-state index contributed by atoms with van der Waals surface area (Å²) in [6, 6.07) is 8.70. The molecule has 2 N–H and O–H groups in total. The Labute approximate surface area is 171 Å². The lowest BCUT2D eigenvalue weighted by molar-refractivity contribution is 0.324. The van der Waals surface area contributed by atoms with Crippen LogP contribution in [-0.4, -0.2) is 18.5 Å². The summed E-state index contributed by atoms with van der Waals surface area (Å²) in [6.45, 7) is 3.91. The van der Waals surface area contributed by atoms with Gasteiger partial charge in [0.1, 0.15) is 5.76 Å². The van der Waals surface area contributed by atoms with Crippen LogP contribution < -0.4 is 10.6 Å². The van der Waals surface area contributed by atoms with Crippen LogP contribution in [0.5, 0.6) is 0 Å². The number of nitrogens with one attached hydrogen (secondary N) is 2. The van der Waals surface area contributed by atoms with E-state index in [9.17, 15) is 0 Å². The van der Waals surface area contributed by atoms with Gasteiger partial charge in [0.25, 0.3) is 0 Å². The molecule has 25 heavy (non-hydrogen) atoms. The zero-order valence-corrected chi connectivity index (χ0v) is 17.9. The fourth-order valence-corrected chi connectivity index (χ4v) is 3.86. The summed E-state index contributed by atoms with van der Waals surface area (Å²) in [7, 11) is 0. The minimum Gasteiger partial charge on any atom is -0.469 e. The molecular formula is C19H28IN3OS. The first-order valence-electron chi connectivity index (χ1n) is 8.89. The molecule has 1 saturated carbocycles. The summed E-state index contributed by atoms with van der Waals surface area (Å²) in [6.07, 6.45) is 7.73.